The van der Waals surface area contributed by atoms with Crippen LogP contribution in [0.15, 0.2) is 53.3 Å². The van der Waals surface area contributed by atoms with Gasteiger partial charge in [-0.2, -0.15) is 13.2 Å². The van der Waals surface area contributed by atoms with Crippen molar-refractivity contribution in [3.05, 3.63) is 70.0 Å². The monoisotopic (exact) mass is 394 g/mol. The lowest BCUT2D eigenvalue weighted by Gasteiger charge is -2.15. The molecule has 24 heavy (non-hydrogen) atoms. The summed E-state index contributed by atoms with van der Waals surface area (Å²) in [5, 5.41) is 0. The van der Waals surface area contributed by atoms with E-state index in [1.165, 1.54) is 12.1 Å². The molecular weight excluding hydrogens is 381 g/mol. The standard InChI is InChI=1S/C18H14BrF3N2/c1-11-9-15(19)10-12(2)16(11)24-8-7-23-17(24)13-3-5-14(6-4-13)18(20,21)22/h3-10H,1-2H3. The van der Waals surface area contributed by atoms with Gasteiger partial charge >= 0.3 is 6.18 Å². The summed E-state index contributed by atoms with van der Waals surface area (Å²) < 4.78 is 41.1. The summed E-state index contributed by atoms with van der Waals surface area (Å²) in [6.45, 7) is 3.98. The van der Waals surface area contributed by atoms with Gasteiger partial charge in [-0.15, -0.1) is 0 Å². The average Bonchev–Trinajstić information content (AvgIpc) is 2.94. The number of nitrogens with zero attached hydrogens (tertiary/aromatic N) is 2. The molecule has 0 unspecified atom stereocenters. The van der Waals surface area contributed by atoms with Crippen LogP contribution in [0.5, 0.6) is 0 Å². The Hall–Kier alpha value is -2.08. The second-order valence-electron chi connectivity index (χ2n) is 5.58. The van der Waals surface area contributed by atoms with E-state index in [-0.39, 0.29) is 0 Å². The molecule has 0 amide bonds. The first kappa shape index (κ1) is 16.8. The first-order chi connectivity index (χ1) is 11.3. The molecule has 1 aromatic heterocycles. The summed E-state index contributed by atoms with van der Waals surface area (Å²) in [6.07, 6.45) is -0.878. The van der Waals surface area contributed by atoms with Gasteiger partial charge in [0, 0.05) is 22.4 Å². The highest BCUT2D eigenvalue weighted by Crippen LogP contribution is 2.32. The SMILES string of the molecule is Cc1cc(Br)cc(C)c1-n1ccnc1-c1ccc(C(F)(F)F)cc1. The van der Waals surface area contributed by atoms with Crippen molar-refractivity contribution in [2.75, 3.05) is 0 Å². The Labute approximate surface area is 146 Å². The third-order valence-electron chi connectivity index (χ3n) is 3.81. The molecule has 2 nitrogen and oxygen atoms in total. The largest absolute Gasteiger partial charge is 0.416 e. The Morgan fingerprint density at radius 3 is 2.12 bits per heavy atom. The van der Waals surface area contributed by atoms with Gasteiger partial charge in [0.2, 0.25) is 0 Å². The van der Waals surface area contributed by atoms with E-state index in [0.29, 0.717) is 11.4 Å². The molecule has 0 aliphatic carbocycles. The summed E-state index contributed by atoms with van der Waals surface area (Å²) in [4.78, 5) is 4.33. The number of alkyl halides is 3. The smallest absolute Gasteiger partial charge is 0.299 e. The van der Waals surface area contributed by atoms with Crippen molar-refractivity contribution in [3.63, 3.8) is 0 Å². The van der Waals surface area contributed by atoms with Gasteiger partial charge in [0.05, 0.1) is 11.3 Å². The zero-order valence-corrected chi connectivity index (χ0v) is 14.6. The molecule has 0 aliphatic rings. The lowest BCUT2D eigenvalue weighted by molar-refractivity contribution is -0.137. The summed E-state index contributed by atoms with van der Waals surface area (Å²) in [7, 11) is 0. The van der Waals surface area contributed by atoms with Gasteiger partial charge in [-0.1, -0.05) is 28.1 Å². The van der Waals surface area contributed by atoms with Gasteiger partial charge in [-0.05, 0) is 49.2 Å². The van der Waals surface area contributed by atoms with Crippen molar-refractivity contribution in [3.8, 4) is 17.1 Å². The average molecular weight is 395 g/mol. The molecule has 0 N–H and O–H groups in total. The van der Waals surface area contributed by atoms with E-state index >= 15 is 0 Å². The van der Waals surface area contributed by atoms with Gasteiger partial charge in [0.1, 0.15) is 5.82 Å². The second-order valence-corrected chi connectivity index (χ2v) is 6.50. The Balaban J connectivity index is 2.09. The number of aryl methyl sites for hydroxylation is 2. The maximum Gasteiger partial charge on any atom is 0.416 e. The normalized spacial score (nSPS) is 11.8. The molecule has 2 aromatic carbocycles. The summed E-state index contributed by atoms with van der Waals surface area (Å²) in [5.74, 6) is 0.609. The summed E-state index contributed by atoms with van der Waals surface area (Å²) >= 11 is 3.47. The van der Waals surface area contributed by atoms with Crippen LogP contribution in [-0.4, -0.2) is 9.55 Å². The van der Waals surface area contributed by atoms with Crippen LogP contribution in [0.1, 0.15) is 16.7 Å². The molecule has 0 aliphatic heterocycles. The van der Waals surface area contributed by atoms with Crippen LogP contribution in [0.3, 0.4) is 0 Å². The number of rotatable bonds is 2. The fraction of sp³-hybridized carbons (Fsp3) is 0.167. The number of hydrogen-bond donors (Lipinski definition) is 0. The highest BCUT2D eigenvalue weighted by atomic mass is 79.9. The summed E-state index contributed by atoms with van der Waals surface area (Å²) in [5.41, 5.74) is 3.04. The van der Waals surface area contributed by atoms with Crippen LogP contribution in [0.2, 0.25) is 0 Å². The minimum absolute atomic E-state index is 0.609. The van der Waals surface area contributed by atoms with E-state index in [2.05, 4.69) is 20.9 Å². The van der Waals surface area contributed by atoms with Gasteiger partial charge in [0.15, 0.2) is 0 Å². The molecule has 6 heteroatoms. The zero-order chi connectivity index (χ0) is 17.5. The molecule has 0 bridgehead atoms. The minimum Gasteiger partial charge on any atom is -0.299 e. The molecule has 0 fully saturated rings. The lowest BCUT2D eigenvalue weighted by atomic mass is 10.1. The van der Waals surface area contributed by atoms with E-state index in [0.717, 1.165) is 33.4 Å². The van der Waals surface area contributed by atoms with Crippen molar-refractivity contribution in [2.24, 2.45) is 0 Å². The molecule has 1 heterocycles. The quantitative estimate of drug-likeness (QED) is 0.525. The van der Waals surface area contributed by atoms with Gasteiger partial charge in [-0.25, -0.2) is 4.98 Å². The third kappa shape index (κ3) is 3.11. The van der Waals surface area contributed by atoms with Gasteiger partial charge in [-0.3, -0.25) is 4.57 Å². The zero-order valence-electron chi connectivity index (χ0n) is 13.0. The third-order valence-corrected chi connectivity index (χ3v) is 4.27. The first-order valence-corrected chi connectivity index (χ1v) is 8.05. The maximum absolute atomic E-state index is 12.7. The van der Waals surface area contributed by atoms with Crippen LogP contribution < -0.4 is 0 Å². The molecule has 0 spiro atoms. The molecule has 0 radical (unpaired) electrons. The number of aromatic nitrogens is 2. The van der Waals surface area contributed by atoms with Crippen molar-refractivity contribution in [1.82, 2.24) is 9.55 Å². The van der Waals surface area contributed by atoms with Crippen LogP contribution in [0.4, 0.5) is 13.2 Å². The molecule has 124 valence electrons. The van der Waals surface area contributed by atoms with Crippen molar-refractivity contribution < 1.29 is 13.2 Å². The van der Waals surface area contributed by atoms with Gasteiger partial charge in [0.25, 0.3) is 0 Å². The Morgan fingerprint density at radius 2 is 1.58 bits per heavy atom. The number of benzene rings is 2. The van der Waals surface area contributed by atoms with Crippen molar-refractivity contribution >= 4 is 15.9 Å². The lowest BCUT2D eigenvalue weighted by Crippen LogP contribution is -2.05. The van der Waals surface area contributed by atoms with E-state index in [4.69, 9.17) is 0 Å². The summed E-state index contributed by atoms with van der Waals surface area (Å²) in [6, 6.07) is 9.05. The molecule has 0 saturated heterocycles. The minimum atomic E-state index is -4.34. The van der Waals surface area contributed by atoms with E-state index in [1.807, 2.05) is 36.7 Å². The van der Waals surface area contributed by atoms with Crippen LogP contribution in [0.25, 0.3) is 17.1 Å². The number of imidazole rings is 1. The molecule has 3 rings (SSSR count). The number of halogens is 4. The fourth-order valence-electron chi connectivity index (χ4n) is 2.79. The van der Waals surface area contributed by atoms with E-state index < -0.39 is 11.7 Å². The molecule has 3 aromatic rings. The Kier molecular flexibility index (Phi) is 4.25. The number of hydrogen-bond acceptors (Lipinski definition) is 1. The maximum atomic E-state index is 12.7. The molecule has 0 atom stereocenters. The fourth-order valence-corrected chi connectivity index (χ4v) is 3.48. The van der Waals surface area contributed by atoms with Crippen LogP contribution in [-0.2, 0) is 6.18 Å². The first-order valence-electron chi connectivity index (χ1n) is 7.25. The highest BCUT2D eigenvalue weighted by molar-refractivity contribution is 9.10. The van der Waals surface area contributed by atoms with Crippen LogP contribution in [0, 0.1) is 13.8 Å². The van der Waals surface area contributed by atoms with Crippen molar-refractivity contribution in [2.45, 2.75) is 20.0 Å². The topological polar surface area (TPSA) is 17.8 Å². The Morgan fingerprint density at radius 1 is 1.00 bits per heavy atom. The predicted octanol–water partition coefficient (Wildman–Crippen LogP) is 5.94. The van der Waals surface area contributed by atoms with E-state index in [1.54, 1.807) is 6.20 Å². The van der Waals surface area contributed by atoms with Gasteiger partial charge < -0.3 is 0 Å². The Bertz CT molecular complexity index is 857. The second kappa shape index (κ2) is 6.09. The predicted molar refractivity (Wildman–Crippen MR) is 91.2 cm³/mol. The van der Waals surface area contributed by atoms with E-state index in [9.17, 15) is 13.2 Å². The van der Waals surface area contributed by atoms with Crippen LogP contribution >= 0.6 is 15.9 Å². The molecule has 0 saturated carbocycles. The highest BCUT2D eigenvalue weighted by Gasteiger charge is 2.30. The van der Waals surface area contributed by atoms with Crippen molar-refractivity contribution in [1.29, 1.82) is 0 Å². The molecular formula is C18H14BrF3N2.